The van der Waals surface area contributed by atoms with Gasteiger partial charge in [0, 0.05) is 34.2 Å². The van der Waals surface area contributed by atoms with E-state index in [0.29, 0.717) is 33.0 Å². The second-order valence-corrected chi connectivity index (χ2v) is 12.9. The van der Waals surface area contributed by atoms with Crippen LogP contribution in [0, 0.1) is 6.92 Å². The maximum atomic E-state index is 13.4. The number of carbonyl (C=O) groups excluding carboxylic acids is 5. The van der Waals surface area contributed by atoms with Crippen molar-refractivity contribution in [3.8, 4) is 0 Å². The van der Waals surface area contributed by atoms with Crippen LogP contribution in [0.5, 0.6) is 0 Å². The summed E-state index contributed by atoms with van der Waals surface area (Å²) in [6, 6.07) is 27.8. The Kier molecular flexibility index (Phi) is 12.5. The second-order valence-electron chi connectivity index (χ2n) is 10.8. The lowest BCUT2D eigenvalue weighted by Crippen LogP contribution is -2.30. The van der Waals surface area contributed by atoms with E-state index in [1.165, 1.54) is 17.8 Å². The summed E-state index contributed by atoms with van der Waals surface area (Å²) in [5.74, 6) is -2.53. The number of benzene rings is 3. The zero-order valence-corrected chi connectivity index (χ0v) is 29.2. The van der Waals surface area contributed by atoms with E-state index in [0.717, 1.165) is 11.3 Å². The van der Waals surface area contributed by atoms with Crippen LogP contribution in [-0.2, 0) is 14.3 Å². The Morgan fingerprint density at radius 2 is 1.55 bits per heavy atom. The first-order valence-corrected chi connectivity index (χ1v) is 17.5. The fourth-order valence-electron chi connectivity index (χ4n) is 4.72. The number of carbonyl (C=O) groups is 5. The van der Waals surface area contributed by atoms with Crippen LogP contribution in [0.2, 0.25) is 0 Å². The summed E-state index contributed by atoms with van der Waals surface area (Å²) in [6.07, 6.45) is 4.70. The van der Waals surface area contributed by atoms with Crippen molar-refractivity contribution in [3.05, 3.63) is 142 Å². The fourth-order valence-corrected chi connectivity index (χ4v) is 6.58. The molecule has 0 aliphatic carbocycles. The standard InChI is InChI=1S/C38H33N5O6S2/c1-3-49-38(48)32-24(2)33(36(47)40-27-15-8-5-9-16-27)51-37(32)43-31(44)23-50-29-18-10-17-28(21-29)41-35(46)30(20-25-12-11-19-39-22-25)42-34(45)26-13-6-4-7-14-26/h4-22H,3,23H2,1-2H3,(H,40,47)(H,41,46)(H,42,45)(H,43,44)/b30-20-. The summed E-state index contributed by atoms with van der Waals surface area (Å²) in [5.41, 5.74) is 2.55. The van der Waals surface area contributed by atoms with Crippen LogP contribution >= 0.6 is 23.1 Å². The lowest BCUT2D eigenvalue weighted by atomic mass is 10.1. The maximum absolute atomic E-state index is 13.4. The second kappa shape index (κ2) is 17.6. The average Bonchev–Trinajstić information content (AvgIpc) is 3.47. The van der Waals surface area contributed by atoms with E-state index >= 15 is 0 Å². The molecule has 5 rings (SSSR count). The van der Waals surface area contributed by atoms with Crippen LogP contribution in [0.4, 0.5) is 16.4 Å². The third kappa shape index (κ3) is 10.00. The van der Waals surface area contributed by atoms with Gasteiger partial charge in [0.1, 0.15) is 10.7 Å². The molecule has 2 aromatic heterocycles. The predicted molar refractivity (Wildman–Crippen MR) is 200 cm³/mol. The van der Waals surface area contributed by atoms with Crippen molar-refractivity contribution in [3.63, 3.8) is 0 Å². The van der Waals surface area contributed by atoms with Crippen LogP contribution in [0.25, 0.3) is 6.08 Å². The first-order valence-electron chi connectivity index (χ1n) is 15.7. The van der Waals surface area contributed by atoms with Crippen molar-refractivity contribution in [1.82, 2.24) is 10.3 Å². The molecule has 258 valence electrons. The van der Waals surface area contributed by atoms with Crippen LogP contribution in [-0.4, -0.2) is 46.9 Å². The van der Waals surface area contributed by atoms with Crippen molar-refractivity contribution in [1.29, 1.82) is 0 Å². The maximum Gasteiger partial charge on any atom is 0.341 e. The number of para-hydroxylation sites is 1. The normalized spacial score (nSPS) is 10.9. The Morgan fingerprint density at radius 1 is 0.824 bits per heavy atom. The number of ether oxygens (including phenoxy) is 1. The van der Waals surface area contributed by atoms with Gasteiger partial charge in [-0.15, -0.1) is 23.1 Å². The van der Waals surface area contributed by atoms with Crippen LogP contribution < -0.4 is 21.3 Å². The van der Waals surface area contributed by atoms with Crippen LogP contribution in [0.1, 0.15) is 48.4 Å². The largest absolute Gasteiger partial charge is 0.462 e. The van der Waals surface area contributed by atoms with Crippen molar-refractivity contribution in [2.24, 2.45) is 0 Å². The molecule has 0 fully saturated rings. The molecule has 0 saturated carbocycles. The molecule has 51 heavy (non-hydrogen) atoms. The summed E-state index contributed by atoms with van der Waals surface area (Å²) in [7, 11) is 0. The summed E-state index contributed by atoms with van der Waals surface area (Å²) >= 11 is 2.20. The number of aromatic nitrogens is 1. The van der Waals surface area contributed by atoms with Crippen LogP contribution in [0.3, 0.4) is 0 Å². The minimum atomic E-state index is -0.645. The molecule has 11 nitrogen and oxygen atoms in total. The number of pyridine rings is 1. The molecule has 2 heterocycles. The molecule has 0 aliphatic rings. The Labute approximate surface area is 302 Å². The molecule has 0 spiro atoms. The minimum absolute atomic E-state index is 0.00903. The van der Waals surface area contributed by atoms with Gasteiger partial charge in [0.25, 0.3) is 17.7 Å². The highest BCUT2D eigenvalue weighted by molar-refractivity contribution is 8.00. The summed E-state index contributed by atoms with van der Waals surface area (Å²) in [6.45, 7) is 3.43. The lowest BCUT2D eigenvalue weighted by Gasteiger charge is -2.12. The minimum Gasteiger partial charge on any atom is -0.462 e. The van der Waals surface area contributed by atoms with Crippen molar-refractivity contribution < 1.29 is 28.7 Å². The number of thioether (sulfide) groups is 1. The molecule has 0 unspecified atom stereocenters. The highest BCUT2D eigenvalue weighted by Crippen LogP contribution is 2.35. The molecule has 5 aromatic rings. The number of hydrogen-bond donors (Lipinski definition) is 4. The van der Waals surface area contributed by atoms with Gasteiger partial charge in [-0.05, 0) is 79.6 Å². The first kappa shape index (κ1) is 36.2. The van der Waals surface area contributed by atoms with E-state index in [-0.39, 0.29) is 33.5 Å². The van der Waals surface area contributed by atoms with Gasteiger partial charge in [-0.1, -0.05) is 48.5 Å². The van der Waals surface area contributed by atoms with E-state index in [9.17, 15) is 24.0 Å². The lowest BCUT2D eigenvalue weighted by molar-refractivity contribution is -0.114. The summed E-state index contributed by atoms with van der Waals surface area (Å²) in [4.78, 5) is 70.5. The van der Waals surface area contributed by atoms with Gasteiger partial charge in [0.05, 0.1) is 22.8 Å². The predicted octanol–water partition coefficient (Wildman–Crippen LogP) is 7.02. The van der Waals surface area contributed by atoms with E-state index in [2.05, 4.69) is 26.3 Å². The molecule has 0 saturated heterocycles. The number of rotatable bonds is 13. The SMILES string of the molecule is CCOC(=O)c1c(NC(=O)CSc2cccc(NC(=O)/C(=C/c3cccnc3)NC(=O)c3ccccc3)c2)sc(C(=O)Nc2ccccc2)c1C. The number of hydrogen-bond acceptors (Lipinski definition) is 9. The molecule has 0 atom stereocenters. The molecular formula is C38H33N5O6S2. The zero-order chi connectivity index (χ0) is 36.2. The van der Waals surface area contributed by atoms with Gasteiger partial charge >= 0.3 is 5.97 Å². The van der Waals surface area contributed by atoms with Gasteiger partial charge in [-0.2, -0.15) is 0 Å². The monoisotopic (exact) mass is 719 g/mol. The van der Waals surface area contributed by atoms with Crippen molar-refractivity contribution in [2.75, 3.05) is 28.3 Å². The van der Waals surface area contributed by atoms with E-state index in [4.69, 9.17) is 4.74 Å². The van der Waals surface area contributed by atoms with Gasteiger partial charge in [0.15, 0.2) is 0 Å². The average molecular weight is 720 g/mol. The molecule has 13 heteroatoms. The number of nitrogens with zero attached hydrogens (tertiary/aromatic N) is 1. The van der Waals surface area contributed by atoms with Gasteiger partial charge in [-0.3, -0.25) is 24.2 Å². The molecule has 4 N–H and O–H groups in total. The molecule has 0 radical (unpaired) electrons. The van der Waals surface area contributed by atoms with E-state index < -0.39 is 29.6 Å². The molecular weight excluding hydrogens is 687 g/mol. The number of amides is 4. The number of thiophene rings is 1. The first-order chi connectivity index (χ1) is 24.7. The number of esters is 1. The Hall–Kier alpha value is -6.05. The zero-order valence-electron chi connectivity index (χ0n) is 27.6. The fraction of sp³-hybridized carbons (Fsp3) is 0.105. The smallest absolute Gasteiger partial charge is 0.341 e. The third-order valence-electron chi connectivity index (χ3n) is 7.10. The Morgan fingerprint density at radius 3 is 2.25 bits per heavy atom. The number of nitrogens with one attached hydrogen (secondary N) is 4. The topological polar surface area (TPSA) is 156 Å². The van der Waals surface area contributed by atoms with Gasteiger partial charge in [-0.25, -0.2) is 4.79 Å². The highest BCUT2D eigenvalue weighted by atomic mass is 32.2. The van der Waals surface area contributed by atoms with Gasteiger partial charge < -0.3 is 26.0 Å². The Balaban J connectivity index is 1.26. The number of anilines is 3. The molecule has 4 amide bonds. The summed E-state index contributed by atoms with van der Waals surface area (Å²) < 4.78 is 5.22. The van der Waals surface area contributed by atoms with E-state index in [1.807, 2.05) is 6.07 Å². The molecule has 3 aromatic carbocycles. The van der Waals surface area contributed by atoms with Gasteiger partial charge in [0.2, 0.25) is 5.91 Å². The van der Waals surface area contributed by atoms with Crippen molar-refractivity contribution in [2.45, 2.75) is 18.7 Å². The third-order valence-corrected chi connectivity index (χ3v) is 9.30. The van der Waals surface area contributed by atoms with E-state index in [1.54, 1.807) is 117 Å². The summed E-state index contributed by atoms with van der Waals surface area (Å²) in [5, 5.41) is 11.3. The molecule has 0 aliphatic heterocycles. The quantitative estimate of drug-likeness (QED) is 0.0575. The van der Waals surface area contributed by atoms with Crippen LogP contribution in [0.15, 0.2) is 120 Å². The molecule has 0 bridgehead atoms. The van der Waals surface area contributed by atoms with Crippen molar-refractivity contribution >= 4 is 75.1 Å². The highest BCUT2D eigenvalue weighted by Gasteiger charge is 2.27. The Bertz CT molecular complexity index is 2070.